The van der Waals surface area contributed by atoms with Gasteiger partial charge in [0.05, 0.1) is 0 Å². The third kappa shape index (κ3) is 5.74. The molecule has 0 spiro atoms. The van der Waals surface area contributed by atoms with Gasteiger partial charge in [0.15, 0.2) is 0 Å². The number of halogens is 3. The Morgan fingerprint density at radius 2 is 1.70 bits per heavy atom. The van der Waals surface area contributed by atoms with Gasteiger partial charge in [-0.3, -0.25) is 9.59 Å². The Bertz CT molecular complexity index is 1160. The van der Waals surface area contributed by atoms with Crippen LogP contribution in [0.5, 0.6) is 0 Å². The number of hydrogen-bond donors (Lipinski definition) is 2. The second-order valence-corrected chi connectivity index (χ2v) is 9.66. The van der Waals surface area contributed by atoms with Crippen molar-refractivity contribution >= 4 is 38.8 Å². The molecule has 1 aromatic heterocycles. The molecule has 0 saturated heterocycles. The van der Waals surface area contributed by atoms with Gasteiger partial charge in [0.1, 0.15) is 10.7 Å². The van der Waals surface area contributed by atoms with Crippen LogP contribution in [0.2, 0.25) is 0 Å². The molecule has 8 heteroatoms. The first-order chi connectivity index (χ1) is 15.7. The minimum Gasteiger partial charge on any atom is -0.382 e. The van der Waals surface area contributed by atoms with E-state index in [2.05, 4.69) is 10.6 Å². The second-order valence-electron chi connectivity index (χ2n) is 8.57. The molecule has 3 aromatic rings. The van der Waals surface area contributed by atoms with Crippen LogP contribution in [-0.2, 0) is 17.4 Å². The van der Waals surface area contributed by atoms with Crippen molar-refractivity contribution < 1.29 is 22.8 Å². The number of fused-ring (bicyclic) bond motifs is 1. The molecule has 1 amide bonds. The maximum atomic E-state index is 13.1. The predicted octanol–water partition coefficient (Wildman–Crippen LogP) is 6.20. The van der Waals surface area contributed by atoms with Crippen LogP contribution in [0, 0.1) is 0 Å². The van der Waals surface area contributed by atoms with E-state index in [0.717, 1.165) is 42.6 Å². The van der Waals surface area contributed by atoms with Crippen molar-refractivity contribution in [2.24, 2.45) is 0 Å². The molecule has 0 radical (unpaired) electrons. The highest BCUT2D eigenvalue weighted by atomic mass is 32.1. The Morgan fingerprint density at radius 3 is 2.39 bits per heavy atom. The van der Waals surface area contributed by atoms with Crippen molar-refractivity contribution in [2.75, 3.05) is 5.32 Å². The Kier molecular flexibility index (Phi) is 6.74. The minimum atomic E-state index is -4.34. The van der Waals surface area contributed by atoms with E-state index in [1.54, 1.807) is 30.3 Å². The Morgan fingerprint density at radius 1 is 1.00 bits per heavy atom. The molecule has 4 nitrogen and oxygen atoms in total. The Balaban J connectivity index is 1.35. The van der Waals surface area contributed by atoms with Crippen molar-refractivity contribution in [3.05, 3.63) is 64.5 Å². The van der Waals surface area contributed by atoms with Gasteiger partial charge < -0.3 is 10.6 Å². The van der Waals surface area contributed by atoms with Gasteiger partial charge in [-0.25, -0.2) is 0 Å². The van der Waals surface area contributed by atoms with E-state index in [0.29, 0.717) is 27.8 Å². The average Bonchev–Trinajstić information content (AvgIpc) is 3.21. The normalized spacial score (nSPS) is 18.8. The van der Waals surface area contributed by atoms with Crippen LogP contribution >= 0.6 is 11.3 Å². The summed E-state index contributed by atoms with van der Waals surface area (Å²) < 4.78 is 39.9. The molecule has 174 valence electrons. The number of amides is 1. The zero-order valence-corrected chi connectivity index (χ0v) is 19.0. The summed E-state index contributed by atoms with van der Waals surface area (Å²) in [6.45, 7) is 1.52. The highest BCUT2D eigenvalue weighted by Crippen LogP contribution is 2.40. The van der Waals surface area contributed by atoms with Crippen LogP contribution in [0.25, 0.3) is 10.1 Å². The van der Waals surface area contributed by atoms with E-state index < -0.39 is 11.1 Å². The molecule has 2 aromatic carbocycles. The lowest BCUT2D eigenvalue weighted by atomic mass is 9.90. The quantitative estimate of drug-likeness (QED) is 0.447. The number of anilines is 1. The highest BCUT2D eigenvalue weighted by Gasteiger charge is 2.33. The van der Waals surface area contributed by atoms with E-state index in [4.69, 9.17) is 0 Å². The van der Waals surface area contributed by atoms with E-state index in [9.17, 15) is 22.8 Å². The Hall–Kier alpha value is -2.87. The summed E-state index contributed by atoms with van der Waals surface area (Å²) >= 11 is 0.758. The summed E-state index contributed by atoms with van der Waals surface area (Å²) in [4.78, 5) is 23.4. The number of thiophene rings is 1. The van der Waals surface area contributed by atoms with Crippen LogP contribution in [0.4, 0.5) is 18.9 Å². The van der Waals surface area contributed by atoms with Gasteiger partial charge in [-0.05, 0) is 68.5 Å². The smallest absolute Gasteiger partial charge is 0.382 e. The summed E-state index contributed by atoms with van der Waals surface area (Å²) in [6, 6.07) is 13.8. The van der Waals surface area contributed by atoms with Gasteiger partial charge in [-0.2, -0.15) is 13.2 Å². The number of rotatable bonds is 6. The SMILES string of the molecule is CC(=O)Cc1cccc(C(=O)NC2CCC(Nc3cccc4sc(C(F)(F)F)cc34)CC2)c1. The van der Waals surface area contributed by atoms with Crippen molar-refractivity contribution in [1.29, 1.82) is 0 Å². The third-order valence-electron chi connectivity index (χ3n) is 5.91. The van der Waals surface area contributed by atoms with E-state index in [1.807, 2.05) is 12.1 Å². The van der Waals surface area contributed by atoms with E-state index in [1.165, 1.54) is 13.0 Å². The number of alkyl halides is 3. The lowest BCUT2D eigenvalue weighted by molar-refractivity contribution is -0.134. The topological polar surface area (TPSA) is 58.2 Å². The van der Waals surface area contributed by atoms with Gasteiger partial charge in [0, 0.05) is 39.8 Å². The zero-order valence-electron chi connectivity index (χ0n) is 18.2. The van der Waals surface area contributed by atoms with Crippen LogP contribution in [0.1, 0.15) is 53.4 Å². The van der Waals surface area contributed by atoms with E-state index in [-0.39, 0.29) is 23.8 Å². The molecule has 0 bridgehead atoms. The van der Waals surface area contributed by atoms with Crippen molar-refractivity contribution in [1.82, 2.24) is 5.32 Å². The third-order valence-corrected chi connectivity index (χ3v) is 7.05. The molecule has 0 atom stereocenters. The standard InChI is InChI=1S/C25H25F3N2O2S/c1-15(31)12-16-4-2-5-17(13-16)24(32)30-19-10-8-18(9-11-19)29-21-6-3-7-22-20(21)14-23(33-22)25(26,27)28/h2-7,13-14,18-19,29H,8-12H2,1H3,(H,30,32). The zero-order chi connectivity index (χ0) is 23.6. The molecule has 0 unspecified atom stereocenters. The number of ketones is 1. The molecule has 4 rings (SSSR count). The summed E-state index contributed by atoms with van der Waals surface area (Å²) in [5.74, 6) is -0.106. The molecule has 1 aliphatic carbocycles. The Labute approximate surface area is 194 Å². The number of nitrogens with one attached hydrogen (secondary N) is 2. The van der Waals surface area contributed by atoms with Crippen molar-refractivity contribution in [3.8, 4) is 0 Å². The molecule has 1 heterocycles. The summed E-state index contributed by atoms with van der Waals surface area (Å²) in [5.41, 5.74) is 2.08. The molecule has 0 aliphatic heterocycles. The minimum absolute atomic E-state index is 0.0424. The molecule has 1 fully saturated rings. The van der Waals surface area contributed by atoms with Gasteiger partial charge in [0.2, 0.25) is 0 Å². The first kappa shape index (κ1) is 23.3. The van der Waals surface area contributed by atoms with Gasteiger partial charge in [-0.1, -0.05) is 18.2 Å². The molecule has 33 heavy (non-hydrogen) atoms. The molecule has 1 aliphatic rings. The largest absolute Gasteiger partial charge is 0.425 e. The molecular formula is C25H25F3N2O2S. The first-order valence-corrected chi connectivity index (χ1v) is 11.8. The highest BCUT2D eigenvalue weighted by molar-refractivity contribution is 7.19. The van der Waals surface area contributed by atoms with Crippen LogP contribution in [0.15, 0.2) is 48.5 Å². The number of Topliss-reactive ketones (excluding diaryl/α,β-unsaturated/α-hetero) is 1. The molecule has 2 N–H and O–H groups in total. The maximum Gasteiger partial charge on any atom is 0.425 e. The van der Waals surface area contributed by atoms with Crippen molar-refractivity contribution in [2.45, 2.75) is 57.3 Å². The fraction of sp³-hybridized carbons (Fsp3) is 0.360. The second kappa shape index (κ2) is 9.55. The summed E-state index contributed by atoms with van der Waals surface area (Å²) in [6.07, 6.45) is -0.861. The van der Waals surface area contributed by atoms with Crippen LogP contribution in [-0.4, -0.2) is 23.8 Å². The monoisotopic (exact) mass is 474 g/mol. The van der Waals surface area contributed by atoms with Crippen molar-refractivity contribution in [3.63, 3.8) is 0 Å². The number of hydrogen-bond acceptors (Lipinski definition) is 4. The lowest BCUT2D eigenvalue weighted by Gasteiger charge is -2.30. The van der Waals surface area contributed by atoms with Gasteiger partial charge >= 0.3 is 6.18 Å². The number of carbonyl (C=O) groups is 2. The van der Waals surface area contributed by atoms with E-state index >= 15 is 0 Å². The summed E-state index contributed by atoms with van der Waals surface area (Å²) in [7, 11) is 0. The summed E-state index contributed by atoms with van der Waals surface area (Å²) in [5, 5.41) is 7.08. The number of carbonyl (C=O) groups excluding carboxylic acids is 2. The maximum absolute atomic E-state index is 13.1. The lowest BCUT2D eigenvalue weighted by Crippen LogP contribution is -2.40. The average molecular weight is 475 g/mol. The van der Waals surface area contributed by atoms with Gasteiger partial charge in [0.25, 0.3) is 5.91 Å². The van der Waals surface area contributed by atoms with Crippen LogP contribution in [0.3, 0.4) is 0 Å². The van der Waals surface area contributed by atoms with Gasteiger partial charge in [-0.15, -0.1) is 11.3 Å². The fourth-order valence-electron chi connectivity index (χ4n) is 4.31. The molecular weight excluding hydrogens is 449 g/mol. The fourth-order valence-corrected chi connectivity index (χ4v) is 5.26. The predicted molar refractivity (Wildman–Crippen MR) is 125 cm³/mol. The molecule has 1 saturated carbocycles. The number of benzene rings is 2. The van der Waals surface area contributed by atoms with Crippen LogP contribution < -0.4 is 10.6 Å². The first-order valence-electron chi connectivity index (χ1n) is 10.9.